The Morgan fingerprint density at radius 3 is 2.55 bits per heavy atom. The Bertz CT molecular complexity index is 512. The standard InChI is InChI=1S/C15H18ClNO3/c1-10(2)9-13(15(19)20)17-14(18)8-7-11-5-3-4-6-12(11)16/h3-8,10,13H,9H2,1-2H3,(H,17,18)(H,19,20)/t13-/m1/s1. The summed E-state index contributed by atoms with van der Waals surface area (Å²) in [5.41, 5.74) is 0.708. The number of aliphatic carboxylic acids is 1. The van der Waals surface area contributed by atoms with Crippen LogP contribution < -0.4 is 5.32 Å². The fourth-order valence-electron chi connectivity index (χ4n) is 1.69. The molecule has 0 aliphatic carbocycles. The normalized spacial score (nSPS) is 12.6. The zero-order valence-corrected chi connectivity index (χ0v) is 12.2. The van der Waals surface area contributed by atoms with E-state index in [0.29, 0.717) is 17.0 Å². The Hall–Kier alpha value is -1.81. The van der Waals surface area contributed by atoms with E-state index in [4.69, 9.17) is 16.7 Å². The molecule has 0 unspecified atom stereocenters. The van der Waals surface area contributed by atoms with E-state index in [0.717, 1.165) is 0 Å². The van der Waals surface area contributed by atoms with Crippen molar-refractivity contribution >= 4 is 29.6 Å². The average Bonchev–Trinajstić information content (AvgIpc) is 2.36. The van der Waals surface area contributed by atoms with E-state index in [1.807, 2.05) is 19.9 Å². The molecule has 0 aliphatic heterocycles. The lowest BCUT2D eigenvalue weighted by Crippen LogP contribution is -2.40. The zero-order chi connectivity index (χ0) is 15.1. The Labute approximate surface area is 123 Å². The van der Waals surface area contributed by atoms with Crippen LogP contribution in [0.4, 0.5) is 0 Å². The minimum Gasteiger partial charge on any atom is -0.480 e. The second kappa shape index (κ2) is 7.70. The number of benzene rings is 1. The fraction of sp³-hybridized carbons (Fsp3) is 0.333. The number of amides is 1. The van der Waals surface area contributed by atoms with Crippen molar-refractivity contribution in [3.63, 3.8) is 0 Å². The van der Waals surface area contributed by atoms with Gasteiger partial charge in [0.15, 0.2) is 0 Å². The van der Waals surface area contributed by atoms with Gasteiger partial charge in [-0.1, -0.05) is 43.6 Å². The van der Waals surface area contributed by atoms with Crippen LogP contribution in [-0.2, 0) is 9.59 Å². The minimum atomic E-state index is -1.03. The Morgan fingerprint density at radius 2 is 2.00 bits per heavy atom. The molecule has 0 aromatic heterocycles. The molecule has 0 aliphatic rings. The lowest BCUT2D eigenvalue weighted by Gasteiger charge is -2.15. The van der Waals surface area contributed by atoms with E-state index in [9.17, 15) is 9.59 Å². The predicted molar refractivity (Wildman–Crippen MR) is 79.5 cm³/mol. The third kappa shape index (κ3) is 5.45. The van der Waals surface area contributed by atoms with Gasteiger partial charge >= 0.3 is 5.97 Å². The summed E-state index contributed by atoms with van der Waals surface area (Å²) in [5.74, 6) is -1.29. The monoisotopic (exact) mass is 295 g/mol. The van der Waals surface area contributed by atoms with Gasteiger partial charge in [-0.05, 0) is 30.0 Å². The number of halogens is 1. The summed E-state index contributed by atoms with van der Waals surface area (Å²) in [5, 5.41) is 12.0. The molecule has 0 saturated carbocycles. The van der Waals surface area contributed by atoms with Crippen molar-refractivity contribution in [2.24, 2.45) is 5.92 Å². The van der Waals surface area contributed by atoms with Gasteiger partial charge in [0, 0.05) is 11.1 Å². The molecule has 0 radical (unpaired) electrons. The Balaban J connectivity index is 2.66. The summed E-state index contributed by atoms with van der Waals surface area (Å²) < 4.78 is 0. The van der Waals surface area contributed by atoms with Crippen LogP contribution in [0.15, 0.2) is 30.3 Å². The van der Waals surface area contributed by atoms with Crippen LogP contribution in [0.1, 0.15) is 25.8 Å². The van der Waals surface area contributed by atoms with Crippen LogP contribution in [0, 0.1) is 5.92 Å². The van der Waals surface area contributed by atoms with E-state index < -0.39 is 17.9 Å². The molecule has 0 bridgehead atoms. The van der Waals surface area contributed by atoms with Crippen molar-refractivity contribution in [1.29, 1.82) is 0 Å². The molecule has 0 spiro atoms. The zero-order valence-electron chi connectivity index (χ0n) is 11.5. The third-order valence-electron chi connectivity index (χ3n) is 2.64. The number of carbonyl (C=O) groups excluding carboxylic acids is 1. The van der Waals surface area contributed by atoms with E-state index in [1.165, 1.54) is 6.08 Å². The molecule has 1 aromatic carbocycles. The summed E-state index contributed by atoms with van der Waals surface area (Å²) in [4.78, 5) is 22.8. The summed E-state index contributed by atoms with van der Waals surface area (Å²) in [6, 6.07) is 6.22. The van der Waals surface area contributed by atoms with Crippen molar-refractivity contribution in [3.05, 3.63) is 40.9 Å². The van der Waals surface area contributed by atoms with Crippen LogP contribution in [0.2, 0.25) is 5.02 Å². The maximum atomic E-state index is 11.7. The Morgan fingerprint density at radius 1 is 1.35 bits per heavy atom. The first-order valence-corrected chi connectivity index (χ1v) is 6.74. The molecular formula is C15H18ClNO3. The van der Waals surface area contributed by atoms with Crippen molar-refractivity contribution in [2.75, 3.05) is 0 Å². The number of carboxylic acid groups (broad SMARTS) is 1. The minimum absolute atomic E-state index is 0.184. The topological polar surface area (TPSA) is 66.4 Å². The maximum Gasteiger partial charge on any atom is 0.326 e. The number of nitrogens with one attached hydrogen (secondary N) is 1. The maximum absolute atomic E-state index is 11.7. The third-order valence-corrected chi connectivity index (χ3v) is 2.99. The lowest BCUT2D eigenvalue weighted by atomic mass is 10.0. The summed E-state index contributed by atoms with van der Waals surface area (Å²) >= 11 is 5.96. The number of carbonyl (C=O) groups is 2. The predicted octanol–water partition coefficient (Wildman–Crippen LogP) is 2.97. The van der Waals surface area contributed by atoms with E-state index in [1.54, 1.807) is 24.3 Å². The van der Waals surface area contributed by atoms with Crippen LogP contribution in [0.5, 0.6) is 0 Å². The highest BCUT2D eigenvalue weighted by molar-refractivity contribution is 6.32. The first-order valence-electron chi connectivity index (χ1n) is 6.36. The van der Waals surface area contributed by atoms with Crippen LogP contribution >= 0.6 is 11.6 Å². The van der Waals surface area contributed by atoms with Gasteiger partial charge in [0.25, 0.3) is 0 Å². The van der Waals surface area contributed by atoms with Crippen molar-refractivity contribution in [2.45, 2.75) is 26.3 Å². The molecule has 1 atom stereocenters. The largest absolute Gasteiger partial charge is 0.480 e. The quantitative estimate of drug-likeness (QED) is 0.793. The summed E-state index contributed by atoms with van der Waals surface area (Å²) in [7, 11) is 0. The molecular weight excluding hydrogens is 278 g/mol. The van der Waals surface area contributed by atoms with E-state index >= 15 is 0 Å². The highest BCUT2D eigenvalue weighted by Gasteiger charge is 2.19. The van der Waals surface area contributed by atoms with Crippen LogP contribution in [0.3, 0.4) is 0 Å². The van der Waals surface area contributed by atoms with Crippen molar-refractivity contribution in [3.8, 4) is 0 Å². The first-order chi connectivity index (χ1) is 9.40. The molecule has 1 rings (SSSR count). The first kappa shape index (κ1) is 16.2. The second-order valence-electron chi connectivity index (χ2n) is 4.88. The average molecular weight is 296 g/mol. The Kier molecular flexibility index (Phi) is 6.25. The molecule has 2 N–H and O–H groups in total. The van der Waals surface area contributed by atoms with E-state index in [-0.39, 0.29) is 5.92 Å². The summed E-state index contributed by atoms with van der Waals surface area (Å²) in [6.07, 6.45) is 3.24. The van der Waals surface area contributed by atoms with Crippen LogP contribution in [-0.4, -0.2) is 23.0 Å². The summed E-state index contributed by atoms with van der Waals surface area (Å²) in [6.45, 7) is 3.81. The molecule has 1 aromatic rings. The molecule has 0 heterocycles. The molecule has 5 heteroatoms. The van der Waals surface area contributed by atoms with Gasteiger partial charge in [0.05, 0.1) is 0 Å². The van der Waals surface area contributed by atoms with Gasteiger partial charge in [-0.2, -0.15) is 0 Å². The van der Waals surface area contributed by atoms with E-state index in [2.05, 4.69) is 5.32 Å². The van der Waals surface area contributed by atoms with Gasteiger partial charge in [-0.3, -0.25) is 4.79 Å². The fourth-order valence-corrected chi connectivity index (χ4v) is 1.89. The molecule has 0 fully saturated rings. The van der Waals surface area contributed by atoms with Gasteiger partial charge < -0.3 is 10.4 Å². The van der Waals surface area contributed by atoms with Gasteiger partial charge in [-0.25, -0.2) is 4.79 Å². The van der Waals surface area contributed by atoms with Crippen molar-refractivity contribution in [1.82, 2.24) is 5.32 Å². The number of carboxylic acids is 1. The number of rotatable bonds is 6. The molecule has 20 heavy (non-hydrogen) atoms. The smallest absolute Gasteiger partial charge is 0.326 e. The SMILES string of the molecule is CC(C)C[C@@H](NC(=O)C=Cc1ccccc1Cl)C(=O)O. The molecule has 4 nitrogen and oxygen atoms in total. The second-order valence-corrected chi connectivity index (χ2v) is 5.29. The molecule has 1 amide bonds. The van der Waals surface area contributed by atoms with Gasteiger partial charge in [0.1, 0.15) is 6.04 Å². The number of hydrogen-bond donors (Lipinski definition) is 2. The lowest BCUT2D eigenvalue weighted by molar-refractivity contribution is -0.141. The highest BCUT2D eigenvalue weighted by atomic mass is 35.5. The van der Waals surface area contributed by atoms with Gasteiger partial charge in [-0.15, -0.1) is 0 Å². The molecule has 108 valence electrons. The van der Waals surface area contributed by atoms with Crippen molar-refractivity contribution < 1.29 is 14.7 Å². The number of hydrogen-bond acceptors (Lipinski definition) is 2. The highest BCUT2D eigenvalue weighted by Crippen LogP contribution is 2.16. The van der Waals surface area contributed by atoms with Crippen LogP contribution in [0.25, 0.3) is 6.08 Å². The van der Waals surface area contributed by atoms with Gasteiger partial charge in [0.2, 0.25) is 5.91 Å². The molecule has 0 saturated heterocycles.